The second-order valence-corrected chi connectivity index (χ2v) is 6.30. The Morgan fingerprint density at radius 3 is 3.10 bits per heavy atom. The number of carbonyl (C=O) groups is 1. The quantitative estimate of drug-likeness (QED) is 0.726. The highest BCUT2D eigenvalue weighted by molar-refractivity contribution is 6.03. The largest absolute Gasteiger partial charge is 0.467 e. The molecule has 3 aliphatic heterocycles. The first kappa shape index (κ1) is 13.8. The van der Waals surface area contributed by atoms with Crippen LogP contribution >= 0.6 is 0 Å². The molecule has 0 amide bonds. The van der Waals surface area contributed by atoms with Gasteiger partial charge in [0, 0.05) is 18.3 Å². The molecule has 0 spiro atoms. The standard InChI is InChI=1S/C16H24N2O2/c1-11-9-13(17-14(10-11)16(19)20-2)12-5-3-7-18-8-4-6-15(12)18/h5,11,14-15H,3-4,6-10H2,1-2H3/t11-,14+,15?/m1/s1. The van der Waals surface area contributed by atoms with Gasteiger partial charge in [-0.3, -0.25) is 9.89 Å². The summed E-state index contributed by atoms with van der Waals surface area (Å²) in [5.41, 5.74) is 2.56. The van der Waals surface area contributed by atoms with E-state index in [1.165, 1.54) is 38.6 Å². The van der Waals surface area contributed by atoms with Crippen molar-refractivity contribution >= 4 is 11.7 Å². The topological polar surface area (TPSA) is 41.9 Å². The molecular formula is C16H24N2O2. The Morgan fingerprint density at radius 2 is 2.30 bits per heavy atom. The molecule has 0 aromatic heterocycles. The van der Waals surface area contributed by atoms with Gasteiger partial charge < -0.3 is 4.74 Å². The van der Waals surface area contributed by atoms with Gasteiger partial charge in [-0.2, -0.15) is 0 Å². The highest BCUT2D eigenvalue weighted by Crippen LogP contribution is 2.33. The summed E-state index contributed by atoms with van der Waals surface area (Å²) < 4.78 is 4.88. The Kier molecular flexibility index (Phi) is 3.92. The summed E-state index contributed by atoms with van der Waals surface area (Å²) in [6.07, 6.45) is 7.81. The average Bonchev–Trinajstić information content (AvgIpc) is 2.94. The summed E-state index contributed by atoms with van der Waals surface area (Å²) >= 11 is 0. The van der Waals surface area contributed by atoms with Gasteiger partial charge in [0.25, 0.3) is 0 Å². The van der Waals surface area contributed by atoms with Gasteiger partial charge in [-0.05, 0) is 50.1 Å². The van der Waals surface area contributed by atoms with Gasteiger partial charge >= 0.3 is 5.97 Å². The normalized spacial score (nSPS) is 34.2. The fourth-order valence-corrected chi connectivity index (χ4v) is 3.84. The molecule has 3 atom stereocenters. The number of fused-ring (bicyclic) bond motifs is 1. The molecule has 1 unspecified atom stereocenters. The minimum atomic E-state index is -0.295. The number of hydrogen-bond acceptors (Lipinski definition) is 4. The zero-order chi connectivity index (χ0) is 14.1. The molecule has 0 saturated carbocycles. The third-order valence-corrected chi connectivity index (χ3v) is 4.79. The Hall–Kier alpha value is -1.16. The molecule has 0 aromatic carbocycles. The first-order valence-electron chi connectivity index (χ1n) is 7.78. The van der Waals surface area contributed by atoms with E-state index in [1.54, 1.807) is 0 Å². The van der Waals surface area contributed by atoms with Crippen LogP contribution < -0.4 is 0 Å². The number of hydrogen-bond donors (Lipinski definition) is 0. The van der Waals surface area contributed by atoms with Crippen LogP contribution in [0, 0.1) is 5.92 Å². The Morgan fingerprint density at radius 1 is 1.45 bits per heavy atom. The second-order valence-electron chi connectivity index (χ2n) is 6.30. The lowest BCUT2D eigenvalue weighted by atomic mass is 9.85. The molecule has 0 N–H and O–H groups in total. The SMILES string of the molecule is COC(=O)[C@@H]1C[C@H](C)CC(C2=CCCN3CCCC23)=N1. The van der Waals surface area contributed by atoms with Crippen molar-refractivity contribution in [2.75, 3.05) is 20.2 Å². The summed E-state index contributed by atoms with van der Waals surface area (Å²) in [5.74, 6) is 0.318. The van der Waals surface area contributed by atoms with E-state index >= 15 is 0 Å². The molecule has 110 valence electrons. The van der Waals surface area contributed by atoms with E-state index in [-0.39, 0.29) is 12.0 Å². The van der Waals surface area contributed by atoms with Crippen molar-refractivity contribution in [3.05, 3.63) is 11.6 Å². The second kappa shape index (κ2) is 5.68. The van der Waals surface area contributed by atoms with Crippen molar-refractivity contribution < 1.29 is 9.53 Å². The fourth-order valence-electron chi connectivity index (χ4n) is 3.84. The van der Waals surface area contributed by atoms with Crippen molar-refractivity contribution in [1.29, 1.82) is 0 Å². The van der Waals surface area contributed by atoms with Crippen molar-refractivity contribution in [1.82, 2.24) is 4.90 Å². The van der Waals surface area contributed by atoms with Crippen LogP contribution in [0.25, 0.3) is 0 Å². The monoisotopic (exact) mass is 276 g/mol. The maximum Gasteiger partial charge on any atom is 0.330 e. The van der Waals surface area contributed by atoms with E-state index in [1.807, 2.05) is 0 Å². The van der Waals surface area contributed by atoms with E-state index in [0.29, 0.717) is 12.0 Å². The highest BCUT2D eigenvalue weighted by atomic mass is 16.5. The molecule has 1 saturated heterocycles. The van der Waals surface area contributed by atoms with E-state index < -0.39 is 0 Å². The predicted octanol–water partition coefficient (Wildman–Crippen LogP) is 2.19. The van der Waals surface area contributed by atoms with E-state index in [4.69, 9.17) is 9.73 Å². The predicted molar refractivity (Wildman–Crippen MR) is 78.9 cm³/mol. The van der Waals surface area contributed by atoms with Crippen LogP contribution in [0.15, 0.2) is 16.6 Å². The van der Waals surface area contributed by atoms with E-state index in [9.17, 15) is 4.79 Å². The molecule has 20 heavy (non-hydrogen) atoms. The van der Waals surface area contributed by atoms with Gasteiger partial charge in [-0.15, -0.1) is 0 Å². The minimum absolute atomic E-state index is 0.186. The van der Waals surface area contributed by atoms with E-state index in [0.717, 1.165) is 25.0 Å². The minimum Gasteiger partial charge on any atom is -0.467 e. The number of esters is 1. The van der Waals surface area contributed by atoms with Crippen LogP contribution in [0.5, 0.6) is 0 Å². The molecule has 3 aliphatic rings. The van der Waals surface area contributed by atoms with Gasteiger partial charge in [0.1, 0.15) is 6.04 Å². The van der Waals surface area contributed by atoms with Crippen LogP contribution in [0.1, 0.15) is 39.0 Å². The van der Waals surface area contributed by atoms with Gasteiger partial charge in [-0.25, -0.2) is 4.79 Å². The molecule has 3 rings (SSSR count). The lowest BCUT2D eigenvalue weighted by Crippen LogP contribution is -2.39. The molecular weight excluding hydrogens is 252 g/mol. The Balaban J connectivity index is 1.85. The van der Waals surface area contributed by atoms with Crippen LogP contribution in [0.3, 0.4) is 0 Å². The van der Waals surface area contributed by atoms with Gasteiger partial charge in [0.15, 0.2) is 0 Å². The number of ether oxygens (including phenoxy) is 1. The molecule has 0 aromatic rings. The van der Waals surface area contributed by atoms with Crippen molar-refractivity contribution in [2.24, 2.45) is 10.9 Å². The van der Waals surface area contributed by atoms with Crippen LogP contribution in [-0.2, 0) is 9.53 Å². The Labute approximate surface area is 120 Å². The van der Waals surface area contributed by atoms with Gasteiger partial charge in [0.05, 0.1) is 7.11 Å². The molecule has 4 heteroatoms. The molecule has 3 heterocycles. The molecule has 0 aliphatic carbocycles. The lowest BCUT2D eigenvalue weighted by molar-refractivity contribution is -0.142. The number of rotatable bonds is 2. The number of aliphatic imine (C=N–C) groups is 1. The number of nitrogens with zero attached hydrogens (tertiary/aromatic N) is 2. The van der Waals surface area contributed by atoms with Crippen LogP contribution in [0.4, 0.5) is 0 Å². The number of methoxy groups -OCH3 is 1. The smallest absolute Gasteiger partial charge is 0.330 e. The zero-order valence-electron chi connectivity index (χ0n) is 12.5. The number of carbonyl (C=O) groups excluding carboxylic acids is 1. The van der Waals surface area contributed by atoms with Crippen molar-refractivity contribution in [3.63, 3.8) is 0 Å². The third kappa shape index (κ3) is 2.53. The molecule has 0 radical (unpaired) electrons. The highest BCUT2D eigenvalue weighted by Gasteiger charge is 2.35. The summed E-state index contributed by atoms with van der Waals surface area (Å²) in [7, 11) is 1.45. The maximum atomic E-state index is 11.8. The van der Waals surface area contributed by atoms with Crippen molar-refractivity contribution in [2.45, 2.75) is 51.1 Å². The molecule has 4 nitrogen and oxygen atoms in total. The summed E-state index contributed by atoms with van der Waals surface area (Å²) in [6.45, 7) is 4.60. The summed E-state index contributed by atoms with van der Waals surface area (Å²) in [5, 5.41) is 0. The maximum absolute atomic E-state index is 11.8. The Bertz CT molecular complexity index is 455. The van der Waals surface area contributed by atoms with Crippen LogP contribution in [0.2, 0.25) is 0 Å². The lowest BCUT2D eigenvalue weighted by Gasteiger charge is -2.34. The zero-order valence-corrected chi connectivity index (χ0v) is 12.5. The average molecular weight is 276 g/mol. The van der Waals surface area contributed by atoms with E-state index in [2.05, 4.69) is 17.9 Å². The van der Waals surface area contributed by atoms with Crippen molar-refractivity contribution in [3.8, 4) is 0 Å². The fraction of sp³-hybridized carbons (Fsp3) is 0.750. The van der Waals surface area contributed by atoms with Gasteiger partial charge in [-0.1, -0.05) is 13.0 Å². The first-order chi connectivity index (χ1) is 9.69. The van der Waals surface area contributed by atoms with Crippen LogP contribution in [-0.4, -0.2) is 48.9 Å². The summed E-state index contributed by atoms with van der Waals surface area (Å²) in [4.78, 5) is 19.1. The molecule has 1 fully saturated rings. The molecule has 0 bridgehead atoms. The first-order valence-corrected chi connectivity index (χ1v) is 7.78. The third-order valence-electron chi connectivity index (χ3n) is 4.79. The van der Waals surface area contributed by atoms with Gasteiger partial charge in [0.2, 0.25) is 0 Å². The summed E-state index contributed by atoms with van der Waals surface area (Å²) in [6, 6.07) is 0.252.